The molecule has 0 saturated heterocycles. The lowest BCUT2D eigenvalue weighted by Gasteiger charge is -2.27. The van der Waals surface area contributed by atoms with E-state index in [0.29, 0.717) is 19.1 Å². The number of rotatable bonds is 7. The van der Waals surface area contributed by atoms with Crippen LogP contribution < -0.4 is 19.5 Å². The Balaban J connectivity index is 1.52. The third-order valence-corrected chi connectivity index (χ3v) is 5.73. The van der Waals surface area contributed by atoms with Crippen LogP contribution in [0.15, 0.2) is 58.4 Å². The van der Waals surface area contributed by atoms with Crippen molar-refractivity contribution in [1.29, 1.82) is 0 Å². The lowest BCUT2D eigenvalue weighted by atomic mass is 10.1. The molecule has 3 rings (SSSR count). The van der Waals surface area contributed by atoms with Gasteiger partial charge in [-0.15, -0.1) is 0 Å². The van der Waals surface area contributed by atoms with E-state index in [1.54, 1.807) is 19.2 Å². The molecule has 0 bridgehead atoms. The van der Waals surface area contributed by atoms with Crippen molar-refractivity contribution in [2.45, 2.75) is 11.3 Å². The van der Waals surface area contributed by atoms with Crippen LogP contribution in [0, 0.1) is 0 Å². The number of methoxy groups -OCH3 is 2. The number of nitrogens with one attached hydrogen (secondary N) is 2. The number of hydrogen-bond acceptors (Lipinski definition) is 7. The third kappa shape index (κ3) is 5.14. The van der Waals surface area contributed by atoms with E-state index >= 15 is 0 Å². The molecule has 0 radical (unpaired) electrons. The molecule has 8 nitrogen and oxygen atoms in total. The number of sulfonamides is 1. The topological polar surface area (TPSA) is 92.3 Å². The SMILES string of the molecule is COc1ccc(CCN2CN=C(NS(=O)(=O)c3ccc(OC)cc3)NC2)cc1. The number of aliphatic imine (C=N–C) groups is 1. The molecule has 0 saturated carbocycles. The lowest BCUT2D eigenvalue weighted by Crippen LogP contribution is -2.50. The summed E-state index contributed by atoms with van der Waals surface area (Å²) in [6.07, 6.45) is 0.869. The second-order valence-electron chi connectivity index (χ2n) is 6.26. The van der Waals surface area contributed by atoms with Crippen LogP contribution in [0.4, 0.5) is 0 Å². The molecule has 0 spiro atoms. The molecule has 2 aromatic rings. The molecule has 1 aliphatic heterocycles. The minimum absolute atomic E-state index is 0.153. The van der Waals surface area contributed by atoms with Crippen LogP contribution in [0.3, 0.4) is 0 Å². The quantitative estimate of drug-likeness (QED) is 0.725. The Bertz CT molecular complexity index is 912. The Labute approximate surface area is 165 Å². The summed E-state index contributed by atoms with van der Waals surface area (Å²) < 4.78 is 37.6. The fraction of sp³-hybridized carbons (Fsp3) is 0.316. The maximum Gasteiger partial charge on any atom is 0.264 e. The third-order valence-electron chi connectivity index (χ3n) is 4.38. The zero-order valence-electron chi connectivity index (χ0n) is 15.9. The molecule has 0 aromatic heterocycles. The summed E-state index contributed by atoms with van der Waals surface area (Å²) in [5.41, 5.74) is 1.20. The van der Waals surface area contributed by atoms with Gasteiger partial charge in [0.1, 0.15) is 11.5 Å². The van der Waals surface area contributed by atoms with Gasteiger partial charge in [-0.05, 0) is 48.4 Å². The molecule has 1 heterocycles. The van der Waals surface area contributed by atoms with Gasteiger partial charge in [-0.25, -0.2) is 18.1 Å². The number of hydrogen-bond donors (Lipinski definition) is 2. The number of nitrogens with zero attached hydrogens (tertiary/aromatic N) is 2. The first-order chi connectivity index (χ1) is 13.5. The van der Waals surface area contributed by atoms with Crippen LogP contribution in [0.2, 0.25) is 0 Å². The van der Waals surface area contributed by atoms with E-state index in [9.17, 15) is 8.42 Å². The first-order valence-electron chi connectivity index (χ1n) is 8.80. The molecule has 0 aliphatic carbocycles. The largest absolute Gasteiger partial charge is 0.497 e. The molecular weight excluding hydrogens is 380 g/mol. The highest BCUT2D eigenvalue weighted by Crippen LogP contribution is 2.15. The van der Waals surface area contributed by atoms with Crippen LogP contribution in [0.25, 0.3) is 0 Å². The van der Waals surface area contributed by atoms with E-state index in [4.69, 9.17) is 9.47 Å². The number of ether oxygens (including phenoxy) is 2. The predicted molar refractivity (Wildman–Crippen MR) is 107 cm³/mol. The standard InChI is InChI=1S/C19H24N4O4S/c1-26-16-5-3-15(4-6-16)11-12-23-13-20-19(21-14-23)22-28(24,25)18-9-7-17(27-2)8-10-18/h3-10H,11-14H2,1-2H3,(H2,20,21,22). The summed E-state index contributed by atoms with van der Waals surface area (Å²) >= 11 is 0. The molecule has 0 fully saturated rings. The molecule has 0 unspecified atom stereocenters. The highest BCUT2D eigenvalue weighted by atomic mass is 32.2. The van der Waals surface area contributed by atoms with Gasteiger partial charge in [-0.1, -0.05) is 12.1 Å². The van der Waals surface area contributed by atoms with Crippen molar-refractivity contribution >= 4 is 16.0 Å². The van der Waals surface area contributed by atoms with Crippen LogP contribution in [0.5, 0.6) is 11.5 Å². The Kier molecular flexibility index (Phi) is 6.37. The molecule has 1 aliphatic rings. The van der Waals surface area contributed by atoms with Gasteiger partial charge < -0.3 is 14.8 Å². The van der Waals surface area contributed by atoms with Crippen molar-refractivity contribution in [3.05, 3.63) is 54.1 Å². The van der Waals surface area contributed by atoms with Crippen molar-refractivity contribution in [2.24, 2.45) is 4.99 Å². The summed E-state index contributed by atoms with van der Waals surface area (Å²) in [5, 5.41) is 3.01. The summed E-state index contributed by atoms with van der Waals surface area (Å²) in [5.74, 6) is 1.68. The van der Waals surface area contributed by atoms with Gasteiger partial charge in [0, 0.05) is 6.54 Å². The van der Waals surface area contributed by atoms with Gasteiger partial charge >= 0.3 is 0 Å². The summed E-state index contributed by atoms with van der Waals surface area (Å²) in [6.45, 7) is 1.74. The van der Waals surface area contributed by atoms with E-state index in [0.717, 1.165) is 18.7 Å². The Morgan fingerprint density at radius 3 is 2.18 bits per heavy atom. The van der Waals surface area contributed by atoms with E-state index in [1.165, 1.54) is 24.8 Å². The van der Waals surface area contributed by atoms with Crippen molar-refractivity contribution < 1.29 is 17.9 Å². The summed E-state index contributed by atoms with van der Waals surface area (Å²) in [4.78, 5) is 6.54. The highest BCUT2D eigenvalue weighted by Gasteiger charge is 2.19. The van der Waals surface area contributed by atoms with Gasteiger partial charge in [-0.3, -0.25) is 4.90 Å². The number of guanidine groups is 1. The van der Waals surface area contributed by atoms with E-state index in [2.05, 4.69) is 19.9 Å². The van der Waals surface area contributed by atoms with Crippen LogP contribution in [0.1, 0.15) is 5.56 Å². The molecule has 9 heteroatoms. The van der Waals surface area contributed by atoms with Crippen molar-refractivity contribution in [1.82, 2.24) is 14.9 Å². The maximum absolute atomic E-state index is 12.4. The van der Waals surface area contributed by atoms with Crippen molar-refractivity contribution in [2.75, 3.05) is 34.1 Å². The number of benzene rings is 2. The summed E-state index contributed by atoms with van der Waals surface area (Å²) in [6, 6.07) is 14.1. The first-order valence-corrected chi connectivity index (χ1v) is 10.3. The van der Waals surface area contributed by atoms with E-state index in [-0.39, 0.29) is 10.9 Å². The molecular formula is C19H24N4O4S. The Hall–Kier alpha value is -2.78. The molecule has 0 amide bonds. The molecule has 2 N–H and O–H groups in total. The zero-order chi connectivity index (χ0) is 20.0. The van der Waals surface area contributed by atoms with Gasteiger partial charge in [0.2, 0.25) is 5.96 Å². The van der Waals surface area contributed by atoms with Crippen LogP contribution in [-0.2, 0) is 16.4 Å². The zero-order valence-corrected chi connectivity index (χ0v) is 16.7. The first kappa shape index (κ1) is 20.0. The minimum Gasteiger partial charge on any atom is -0.497 e. The monoisotopic (exact) mass is 404 g/mol. The van der Waals surface area contributed by atoms with E-state index < -0.39 is 10.0 Å². The highest BCUT2D eigenvalue weighted by molar-refractivity contribution is 7.90. The second-order valence-corrected chi connectivity index (χ2v) is 7.94. The molecule has 2 aromatic carbocycles. The van der Waals surface area contributed by atoms with Crippen molar-refractivity contribution in [3.63, 3.8) is 0 Å². The smallest absolute Gasteiger partial charge is 0.264 e. The summed E-state index contributed by atoms with van der Waals surface area (Å²) in [7, 11) is -0.517. The minimum atomic E-state index is -3.69. The van der Waals surface area contributed by atoms with Gasteiger partial charge in [0.05, 0.1) is 32.5 Å². The van der Waals surface area contributed by atoms with Crippen molar-refractivity contribution in [3.8, 4) is 11.5 Å². The fourth-order valence-electron chi connectivity index (χ4n) is 2.70. The van der Waals surface area contributed by atoms with E-state index in [1.807, 2.05) is 24.3 Å². The maximum atomic E-state index is 12.4. The fourth-order valence-corrected chi connectivity index (χ4v) is 3.71. The molecule has 0 atom stereocenters. The van der Waals surface area contributed by atoms with Gasteiger partial charge in [0.15, 0.2) is 0 Å². The molecule has 28 heavy (non-hydrogen) atoms. The van der Waals surface area contributed by atoms with Gasteiger partial charge in [0.25, 0.3) is 10.0 Å². The Morgan fingerprint density at radius 2 is 1.64 bits per heavy atom. The van der Waals surface area contributed by atoms with Crippen LogP contribution >= 0.6 is 0 Å². The molecule has 150 valence electrons. The van der Waals surface area contributed by atoms with Gasteiger partial charge in [-0.2, -0.15) is 0 Å². The average molecular weight is 404 g/mol. The predicted octanol–water partition coefficient (Wildman–Crippen LogP) is 1.40. The van der Waals surface area contributed by atoms with Crippen LogP contribution in [-0.4, -0.2) is 53.4 Å². The normalized spacial score (nSPS) is 14.7. The average Bonchev–Trinajstić information content (AvgIpc) is 2.73. The second kappa shape index (κ2) is 8.94. The lowest BCUT2D eigenvalue weighted by molar-refractivity contribution is 0.267. The Morgan fingerprint density at radius 1 is 1.04 bits per heavy atom.